The van der Waals surface area contributed by atoms with Crippen LogP contribution >= 0.6 is 11.6 Å². The minimum absolute atomic E-state index is 0.00592. The molecule has 4 rings (SSSR count). The first kappa shape index (κ1) is 21.9. The van der Waals surface area contributed by atoms with Gasteiger partial charge in [0.25, 0.3) is 0 Å². The smallest absolute Gasteiger partial charge is 0.246 e. The van der Waals surface area contributed by atoms with Gasteiger partial charge >= 0.3 is 0 Å². The van der Waals surface area contributed by atoms with E-state index in [0.717, 1.165) is 30.2 Å². The number of carbonyl (C=O) groups excluding carboxylic acids is 1. The monoisotopic (exact) mass is 459 g/mol. The largest absolute Gasteiger partial charge is 0.337 e. The molecule has 2 aromatic rings. The van der Waals surface area contributed by atoms with E-state index in [1.807, 2.05) is 35.2 Å². The summed E-state index contributed by atoms with van der Waals surface area (Å²) in [5.74, 6) is 0.198. The van der Waals surface area contributed by atoms with Crippen molar-refractivity contribution in [1.29, 1.82) is 0 Å². The summed E-state index contributed by atoms with van der Waals surface area (Å²) in [4.78, 5) is 16.7. The van der Waals surface area contributed by atoms with Crippen LogP contribution in [0.5, 0.6) is 0 Å². The Bertz CT molecular complexity index is 1060. The molecule has 2 aromatic carbocycles. The summed E-state index contributed by atoms with van der Waals surface area (Å²) in [5.41, 5.74) is 2.72. The summed E-state index contributed by atoms with van der Waals surface area (Å²) >= 11 is 6.06. The lowest BCUT2D eigenvalue weighted by molar-refractivity contribution is -0.127. The van der Waals surface area contributed by atoms with Gasteiger partial charge in [-0.05, 0) is 47.9 Å². The summed E-state index contributed by atoms with van der Waals surface area (Å²) in [6.45, 7) is 4.39. The Morgan fingerprint density at radius 3 is 2.39 bits per heavy atom. The van der Waals surface area contributed by atoms with Crippen LogP contribution in [0.3, 0.4) is 0 Å². The lowest BCUT2D eigenvalue weighted by Gasteiger charge is -2.34. The highest BCUT2D eigenvalue weighted by Crippen LogP contribution is 2.24. The third kappa shape index (κ3) is 5.47. The summed E-state index contributed by atoms with van der Waals surface area (Å²) in [6, 6.07) is 15.1. The summed E-state index contributed by atoms with van der Waals surface area (Å²) in [7, 11) is -3.18. The van der Waals surface area contributed by atoms with Gasteiger partial charge in [-0.3, -0.25) is 14.0 Å². The zero-order valence-corrected chi connectivity index (χ0v) is 18.9. The molecular formula is C23H26ClN3O3S. The van der Waals surface area contributed by atoms with Crippen LogP contribution in [0, 0.1) is 0 Å². The number of piperazine rings is 1. The Morgan fingerprint density at radius 1 is 1.00 bits per heavy atom. The third-order valence-electron chi connectivity index (χ3n) is 5.68. The second kappa shape index (κ2) is 9.42. The van der Waals surface area contributed by atoms with Gasteiger partial charge in [-0.1, -0.05) is 35.9 Å². The second-order valence-corrected chi connectivity index (χ2v) is 10.3. The number of hydrogen-bond acceptors (Lipinski definition) is 4. The van der Waals surface area contributed by atoms with Crippen molar-refractivity contribution in [1.82, 2.24) is 9.80 Å². The van der Waals surface area contributed by atoms with Crippen LogP contribution in [0.25, 0.3) is 6.08 Å². The Labute approximate surface area is 188 Å². The molecular weight excluding hydrogens is 434 g/mol. The van der Waals surface area contributed by atoms with Crippen molar-refractivity contribution >= 4 is 39.3 Å². The van der Waals surface area contributed by atoms with Gasteiger partial charge in [0.05, 0.1) is 11.4 Å². The van der Waals surface area contributed by atoms with E-state index < -0.39 is 10.0 Å². The van der Waals surface area contributed by atoms with Gasteiger partial charge in [-0.25, -0.2) is 8.42 Å². The average Bonchev–Trinajstić information content (AvgIpc) is 3.12. The molecule has 164 valence electrons. The first-order valence-corrected chi connectivity index (χ1v) is 12.4. The molecule has 0 radical (unpaired) electrons. The van der Waals surface area contributed by atoms with Crippen LogP contribution in [0.1, 0.15) is 17.5 Å². The fraction of sp³-hybridized carbons (Fsp3) is 0.348. The van der Waals surface area contributed by atoms with Crippen molar-refractivity contribution in [3.8, 4) is 0 Å². The van der Waals surface area contributed by atoms with Crippen LogP contribution in [-0.2, 0) is 21.4 Å². The fourth-order valence-corrected chi connectivity index (χ4v) is 5.75. The van der Waals surface area contributed by atoms with Crippen molar-refractivity contribution in [3.63, 3.8) is 0 Å². The van der Waals surface area contributed by atoms with E-state index >= 15 is 0 Å². The summed E-state index contributed by atoms with van der Waals surface area (Å²) in [5, 5.41) is 0.742. The molecule has 0 spiro atoms. The Balaban J connectivity index is 1.29. The number of anilines is 1. The van der Waals surface area contributed by atoms with Crippen molar-refractivity contribution in [2.24, 2.45) is 0 Å². The highest BCUT2D eigenvalue weighted by Gasteiger charge is 2.28. The zero-order valence-electron chi connectivity index (χ0n) is 17.3. The van der Waals surface area contributed by atoms with Gasteiger partial charge in [-0.2, -0.15) is 0 Å². The van der Waals surface area contributed by atoms with Gasteiger partial charge in [0.15, 0.2) is 0 Å². The van der Waals surface area contributed by atoms with Gasteiger partial charge < -0.3 is 4.90 Å². The molecule has 8 heteroatoms. The minimum Gasteiger partial charge on any atom is -0.337 e. The maximum Gasteiger partial charge on any atom is 0.246 e. The predicted octanol–water partition coefficient (Wildman–Crippen LogP) is 3.24. The lowest BCUT2D eigenvalue weighted by atomic mass is 10.1. The average molecular weight is 460 g/mol. The zero-order chi connectivity index (χ0) is 21.8. The molecule has 1 amide bonds. The van der Waals surface area contributed by atoms with E-state index in [1.165, 1.54) is 9.87 Å². The van der Waals surface area contributed by atoms with Crippen LogP contribution in [0.4, 0.5) is 5.69 Å². The number of rotatable bonds is 5. The highest BCUT2D eigenvalue weighted by atomic mass is 35.5. The quantitative estimate of drug-likeness (QED) is 0.644. The first-order chi connectivity index (χ1) is 14.9. The molecule has 2 fully saturated rings. The molecule has 31 heavy (non-hydrogen) atoms. The number of amides is 1. The second-order valence-electron chi connectivity index (χ2n) is 7.90. The van der Waals surface area contributed by atoms with E-state index in [0.29, 0.717) is 31.7 Å². The molecule has 6 nitrogen and oxygen atoms in total. The Kier molecular flexibility index (Phi) is 6.65. The number of halogens is 1. The van der Waals surface area contributed by atoms with Gasteiger partial charge in [0.1, 0.15) is 0 Å². The van der Waals surface area contributed by atoms with Crippen molar-refractivity contribution in [2.45, 2.75) is 13.0 Å². The predicted molar refractivity (Wildman–Crippen MR) is 125 cm³/mol. The van der Waals surface area contributed by atoms with Gasteiger partial charge in [0, 0.05) is 50.4 Å². The van der Waals surface area contributed by atoms with Crippen molar-refractivity contribution in [2.75, 3.05) is 42.8 Å². The van der Waals surface area contributed by atoms with Crippen LogP contribution < -0.4 is 4.31 Å². The SMILES string of the molecule is O=C(/C=C/c1ccc(N2CCCS2(=O)=O)cc1)N1CCN(Cc2cccc(Cl)c2)CC1. The van der Waals surface area contributed by atoms with E-state index in [9.17, 15) is 13.2 Å². The molecule has 0 bridgehead atoms. The normalized spacial score (nSPS) is 19.3. The van der Waals surface area contributed by atoms with Crippen LogP contribution in [0.2, 0.25) is 5.02 Å². The first-order valence-electron chi connectivity index (χ1n) is 10.4. The van der Waals surface area contributed by atoms with Gasteiger partial charge in [0.2, 0.25) is 15.9 Å². The maximum atomic E-state index is 12.6. The third-order valence-corrected chi connectivity index (χ3v) is 7.78. The summed E-state index contributed by atoms with van der Waals surface area (Å²) in [6.07, 6.45) is 4.03. The number of sulfonamides is 1. The van der Waals surface area contributed by atoms with Gasteiger partial charge in [-0.15, -0.1) is 0 Å². The molecule has 2 aliphatic rings. The topological polar surface area (TPSA) is 60.9 Å². The molecule has 2 heterocycles. The van der Waals surface area contributed by atoms with Crippen molar-refractivity contribution < 1.29 is 13.2 Å². The Hall–Kier alpha value is -2.35. The highest BCUT2D eigenvalue weighted by molar-refractivity contribution is 7.93. The van der Waals surface area contributed by atoms with Crippen LogP contribution in [-0.4, -0.2) is 62.6 Å². The molecule has 0 saturated carbocycles. The van der Waals surface area contributed by atoms with E-state index in [1.54, 1.807) is 24.3 Å². The molecule has 0 N–H and O–H groups in total. The number of carbonyl (C=O) groups is 1. The standard InChI is InChI=1S/C23H26ClN3O3S/c24-21-4-1-3-20(17-21)18-25-12-14-26(15-13-25)23(28)10-7-19-5-8-22(9-6-19)27-11-2-16-31(27,29)30/h1,3-10,17H,2,11-16,18H2/b10-7+. The minimum atomic E-state index is -3.18. The number of hydrogen-bond donors (Lipinski definition) is 0. The van der Waals surface area contributed by atoms with Crippen LogP contribution in [0.15, 0.2) is 54.6 Å². The van der Waals surface area contributed by atoms with Crippen molar-refractivity contribution in [3.05, 3.63) is 70.8 Å². The molecule has 0 atom stereocenters. The molecule has 0 aliphatic carbocycles. The fourth-order valence-electron chi connectivity index (χ4n) is 3.97. The number of benzene rings is 2. The van der Waals surface area contributed by atoms with E-state index in [2.05, 4.69) is 11.0 Å². The lowest BCUT2D eigenvalue weighted by Crippen LogP contribution is -2.47. The molecule has 2 saturated heterocycles. The Morgan fingerprint density at radius 2 is 1.74 bits per heavy atom. The molecule has 0 aromatic heterocycles. The molecule has 0 unspecified atom stereocenters. The number of nitrogens with zero attached hydrogens (tertiary/aromatic N) is 3. The van der Waals surface area contributed by atoms with E-state index in [-0.39, 0.29) is 11.7 Å². The summed E-state index contributed by atoms with van der Waals surface area (Å²) < 4.78 is 25.5. The maximum absolute atomic E-state index is 12.6. The van der Waals surface area contributed by atoms with E-state index in [4.69, 9.17) is 11.6 Å². The molecule has 2 aliphatic heterocycles.